The van der Waals surface area contributed by atoms with Gasteiger partial charge in [-0.15, -0.1) is 0 Å². The largest absolute Gasteiger partial charge is 0.381 e. The number of fused-ring (bicyclic) bond motifs is 1. The van der Waals surface area contributed by atoms with Gasteiger partial charge in [-0.25, -0.2) is 0 Å². The molecule has 1 unspecified atom stereocenters. The lowest BCUT2D eigenvalue weighted by molar-refractivity contribution is 0.185. The van der Waals surface area contributed by atoms with Crippen molar-refractivity contribution in [2.45, 2.75) is 26.3 Å². The molecule has 1 N–H and O–H groups in total. The van der Waals surface area contributed by atoms with Gasteiger partial charge in [0.25, 0.3) is 0 Å². The molecule has 1 aromatic carbocycles. The Morgan fingerprint density at radius 3 is 3.10 bits per heavy atom. The maximum absolute atomic E-state index is 5.40. The molecule has 3 nitrogen and oxygen atoms in total. The first-order valence-corrected chi connectivity index (χ1v) is 7.73. The summed E-state index contributed by atoms with van der Waals surface area (Å²) in [5.41, 5.74) is 2.85. The summed E-state index contributed by atoms with van der Waals surface area (Å²) in [5.74, 6) is 0.711. The molecule has 0 radical (unpaired) electrons. The highest BCUT2D eigenvalue weighted by atomic mass is 16.5. The van der Waals surface area contributed by atoms with E-state index >= 15 is 0 Å². The normalized spacial score (nSPS) is 18.9. The Labute approximate surface area is 120 Å². The van der Waals surface area contributed by atoms with Crippen molar-refractivity contribution in [2.24, 2.45) is 5.92 Å². The van der Waals surface area contributed by atoms with Crippen LogP contribution in [0, 0.1) is 5.92 Å². The van der Waals surface area contributed by atoms with E-state index < -0.39 is 0 Å². The van der Waals surface area contributed by atoms with Crippen molar-refractivity contribution in [1.82, 2.24) is 9.88 Å². The highest BCUT2D eigenvalue weighted by Crippen LogP contribution is 2.20. The fourth-order valence-corrected chi connectivity index (χ4v) is 3.06. The van der Waals surface area contributed by atoms with Gasteiger partial charge in [-0.05, 0) is 35.8 Å². The molecule has 0 spiro atoms. The van der Waals surface area contributed by atoms with E-state index in [1.807, 2.05) is 0 Å². The third-order valence-electron chi connectivity index (χ3n) is 4.24. The van der Waals surface area contributed by atoms with E-state index in [4.69, 9.17) is 4.74 Å². The van der Waals surface area contributed by atoms with Crippen LogP contribution in [0.2, 0.25) is 0 Å². The summed E-state index contributed by atoms with van der Waals surface area (Å²) in [6.45, 7) is 7.24. The number of hydrogen-bond acceptors (Lipinski definition) is 2. The second-order valence-corrected chi connectivity index (χ2v) is 5.65. The predicted octanol–water partition coefficient (Wildman–Crippen LogP) is 2.83. The second-order valence-electron chi connectivity index (χ2n) is 5.65. The van der Waals surface area contributed by atoms with E-state index in [0.29, 0.717) is 5.92 Å². The summed E-state index contributed by atoms with van der Waals surface area (Å²) >= 11 is 0. The molecule has 3 heteroatoms. The molecule has 1 fully saturated rings. The second kappa shape index (κ2) is 6.42. The van der Waals surface area contributed by atoms with Crippen LogP contribution < -0.4 is 5.32 Å². The summed E-state index contributed by atoms with van der Waals surface area (Å²) in [7, 11) is 0. The maximum atomic E-state index is 5.40. The summed E-state index contributed by atoms with van der Waals surface area (Å²) < 4.78 is 7.78. The van der Waals surface area contributed by atoms with Gasteiger partial charge in [0.2, 0.25) is 0 Å². The van der Waals surface area contributed by atoms with Crippen LogP contribution >= 0.6 is 0 Å². The lowest BCUT2D eigenvalue weighted by Crippen LogP contribution is -2.26. The van der Waals surface area contributed by atoms with Gasteiger partial charge >= 0.3 is 0 Å². The van der Waals surface area contributed by atoms with Crippen LogP contribution in [0.4, 0.5) is 0 Å². The minimum absolute atomic E-state index is 0.711. The molecule has 0 amide bonds. The Morgan fingerprint density at radius 1 is 1.35 bits per heavy atom. The minimum atomic E-state index is 0.711. The van der Waals surface area contributed by atoms with Crippen molar-refractivity contribution in [3.8, 4) is 0 Å². The number of aryl methyl sites for hydroxylation is 1. The van der Waals surface area contributed by atoms with Gasteiger partial charge < -0.3 is 14.6 Å². The quantitative estimate of drug-likeness (QED) is 0.818. The van der Waals surface area contributed by atoms with E-state index in [0.717, 1.165) is 39.3 Å². The molecular weight excluding hydrogens is 248 g/mol. The zero-order valence-electron chi connectivity index (χ0n) is 12.3. The molecule has 2 aromatic rings. The molecule has 1 aliphatic rings. The van der Waals surface area contributed by atoms with Gasteiger partial charge in [0.05, 0.1) is 12.1 Å². The lowest BCUT2D eigenvalue weighted by Gasteiger charge is -2.12. The molecule has 1 saturated heterocycles. The molecule has 20 heavy (non-hydrogen) atoms. The topological polar surface area (TPSA) is 26.2 Å². The van der Waals surface area contributed by atoms with E-state index in [1.54, 1.807) is 0 Å². The molecule has 0 bridgehead atoms. The van der Waals surface area contributed by atoms with Gasteiger partial charge in [0, 0.05) is 32.4 Å². The first-order valence-electron chi connectivity index (χ1n) is 7.73. The molecule has 108 valence electrons. The molecule has 0 saturated carbocycles. The number of nitrogens with zero attached hydrogens (tertiary/aromatic N) is 1. The molecule has 1 atom stereocenters. The Balaban J connectivity index is 1.59. The Morgan fingerprint density at radius 2 is 2.30 bits per heavy atom. The molecule has 1 aromatic heterocycles. The minimum Gasteiger partial charge on any atom is -0.381 e. The van der Waals surface area contributed by atoms with Gasteiger partial charge in [-0.1, -0.05) is 25.1 Å². The van der Waals surface area contributed by atoms with Crippen molar-refractivity contribution >= 4 is 10.9 Å². The van der Waals surface area contributed by atoms with Crippen LogP contribution in [-0.4, -0.2) is 30.9 Å². The zero-order valence-corrected chi connectivity index (χ0v) is 12.3. The van der Waals surface area contributed by atoms with Crippen molar-refractivity contribution in [3.05, 3.63) is 36.0 Å². The summed E-state index contributed by atoms with van der Waals surface area (Å²) in [6, 6.07) is 8.82. The van der Waals surface area contributed by atoms with Crippen LogP contribution in [0.25, 0.3) is 10.9 Å². The van der Waals surface area contributed by atoms with E-state index in [9.17, 15) is 0 Å². The number of ether oxygens (including phenoxy) is 1. The first kappa shape index (κ1) is 13.7. The number of aromatic nitrogens is 1. The van der Waals surface area contributed by atoms with Crippen molar-refractivity contribution in [1.29, 1.82) is 0 Å². The van der Waals surface area contributed by atoms with Crippen molar-refractivity contribution in [2.75, 3.05) is 26.3 Å². The van der Waals surface area contributed by atoms with Crippen LogP contribution in [0.15, 0.2) is 30.5 Å². The average molecular weight is 272 g/mol. The fourth-order valence-electron chi connectivity index (χ4n) is 3.06. The zero-order chi connectivity index (χ0) is 13.8. The number of benzene rings is 1. The average Bonchev–Trinajstić information content (AvgIpc) is 3.13. The molecular formula is C17H24N2O. The third kappa shape index (κ3) is 2.89. The lowest BCUT2D eigenvalue weighted by atomic mass is 10.1. The first-order chi connectivity index (χ1) is 9.88. The van der Waals surface area contributed by atoms with Crippen LogP contribution in [0.1, 0.15) is 18.9 Å². The summed E-state index contributed by atoms with van der Waals surface area (Å²) in [5, 5.41) is 4.92. The van der Waals surface area contributed by atoms with Crippen LogP contribution in [-0.2, 0) is 17.7 Å². The van der Waals surface area contributed by atoms with Crippen LogP contribution in [0.5, 0.6) is 0 Å². The summed E-state index contributed by atoms with van der Waals surface area (Å²) in [6.07, 6.45) is 4.51. The highest BCUT2D eigenvalue weighted by molar-refractivity contribution is 5.83. The summed E-state index contributed by atoms with van der Waals surface area (Å²) in [4.78, 5) is 0. The number of nitrogens with one attached hydrogen (secondary N) is 1. The predicted molar refractivity (Wildman–Crippen MR) is 83.1 cm³/mol. The molecule has 2 heterocycles. The van der Waals surface area contributed by atoms with E-state index in [-0.39, 0.29) is 0 Å². The molecule has 0 aliphatic carbocycles. The van der Waals surface area contributed by atoms with E-state index in [2.05, 4.69) is 47.3 Å². The maximum Gasteiger partial charge on any atom is 0.0513 e. The van der Waals surface area contributed by atoms with Crippen molar-refractivity contribution in [3.63, 3.8) is 0 Å². The third-order valence-corrected chi connectivity index (χ3v) is 4.24. The van der Waals surface area contributed by atoms with Gasteiger partial charge in [-0.3, -0.25) is 0 Å². The van der Waals surface area contributed by atoms with Crippen LogP contribution in [0.3, 0.4) is 0 Å². The Hall–Kier alpha value is -1.32. The molecule has 3 rings (SSSR count). The van der Waals surface area contributed by atoms with Crippen molar-refractivity contribution < 1.29 is 4.74 Å². The standard InChI is InChI=1S/C17H24N2O/c1-2-15-4-3-5-16-6-9-19(17(15)16)10-8-18-12-14-7-11-20-13-14/h3-6,9,14,18H,2,7-8,10-13H2,1H3. The van der Waals surface area contributed by atoms with Gasteiger partial charge in [-0.2, -0.15) is 0 Å². The number of rotatable bonds is 6. The SMILES string of the molecule is CCc1cccc2ccn(CCNCC3CCOC3)c12. The van der Waals surface area contributed by atoms with Gasteiger partial charge in [0.15, 0.2) is 0 Å². The van der Waals surface area contributed by atoms with Gasteiger partial charge in [0.1, 0.15) is 0 Å². The molecule has 1 aliphatic heterocycles. The smallest absolute Gasteiger partial charge is 0.0513 e. The number of hydrogen-bond donors (Lipinski definition) is 1. The number of para-hydroxylation sites is 1. The Kier molecular flexibility index (Phi) is 4.38. The Bertz CT molecular complexity index is 555. The highest BCUT2D eigenvalue weighted by Gasteiger charge is 2.14. The fraction of sp³-hybridized carbons (Fsp3) is 0.529. The monoisotopic (exact) mass is 272 g/mol. The van der Waals surface area contributed by atoms with E-state index in [1.165, 1.54) is 22.9 Å².